The van der Waals surface area contributed by atoms with Crippen molar-refractivity contribution in [1.29, 1.82) is 0 Å². The number of carbonyl (C=O) groups excluding carboxylic acids is 2. The molecule has 0 aliphatic rings. The van der Waals surface area contributed by atoms with E-state index in [1.54, 1.807) is 12.1 Å². The van der Waals surface area contributed by atoms with Crippen LogP contribution in [0.15, 0.2) is 35.7 Å². The maximum absolute atomic E-state index is 12.1. The molecule has 0 unspecified atom stereocenters. The number of hydrogen-bond donors (Lipinski definition) is 2. The first-order valence-corrected chi connectivity index (χ1v) is 9.43. The van der Waals surface area contributed by atoms with Crippen LogP contribution in [0.4, 0.5) is 0 Å². The molecule has 1 heterocycles. The highest BCUT2D eigenvalue weighted by Gasteiger charge is 2.14. The Kier molecular flexibility index (Phi) is 7.47. The van der Waals surface area contributed by atoms with Crippen molar-refractivity contribution in [3.05, 3.63) is 46.2 Å². The predicted octanol–water partition coefficient (Wildman–Crippen LogP) is 3.15. The first kappa shape index (κ1) is 19.8. The van der Waals surface area contributed by atoms with Crippen molar-refractivity contribution < 1.29 is 19.1 Å². The van der Waals surface area contributed by atoms with Crippen LogP contribution in [0.5, 0.6) is 11.5 Å². The third-order valence-electron chi connectivity index (χ3n) is 3.60. The van der Waals surface area contributed by atoms with Gasteiger partial charge in [-0.15, -0.1) is 11.3 Å². The Morgan fingerprint density at radius 2 is 1.85 bits per heavy atom. The molecule has 0 radical (unpaired) electrons. The number of rotatable bonds is 9. The van der Waals surface area contributed by atoms with Gasteiger partial charge in [0, 0.05) is 0 Å². The summed E-state index contributed by atoms with van der Waals surface area (Å²) >= 11 is 1.34. The molecule has 2 amide bonds. The summed E-state index contributed by atoms with van der Waals surface area (Å²) < 4.78 is 11.2. The molecule has 0 spiro atoms. The van der Waals surface area contributed by atoms with Gasteiger partial charge in [0.05, 0.1) is 30.7 Å². The van der Waals surface area contributed by atoms with E-state index in [2.05, 4.69) is 10.6 Å². The Balaban J connectivity index is 1.93. The Labute approximate surface area is 157 Å². The van der Waals surface area contributed by atoms with Gasteiger partial charge < -0.3 is 20.1 Å². The fourth-order valence-electron chi connectivity index (χ4n) is 2.37. The lowest BCUT2D eigenvalue weighted by Crippen LogP contribution is -2.37. The standard InChI is InChI=1S/C19H24N2O4S/c1-4-24-15-9-8-14(11-16(15)25-5-2)13(3)21-18(22)12-20-19(23)17-7-6-10-26-17/h6-11,13H,4-5,12H2,1-3H3,(H,20,23)(H,21,22)/t13-/m0/s1. The van der Waals surface area contributed by atoms with Crippen molar-refractivity contribution in [2.45, 2.75) is 26.8 Å². The normalized spacial score (nSPS) is 11.5. The average Bonchev–Trinajstić information content (AvgIpc) is 3.16. The summed E-state index contributed by atoms with van der Waals surface area (Å²) in [6.07, 6.45) is 0. The molecular formula is C19H24N2O4S. The molecule has 0 aliphatic heterocycles. The summed E-state index contributed by atoms with van der Waals surface area (Å²) in [7, 11) is 0. The summed E-state index contributed by atoms with van der Waals surface area (Å²) in [6, 6.07) is 8.88. The van der Waals surface area contributed by atoms with E-state index >= 15 is 0 Å². The fraction of sp³-hybridized carbons (Fsp3) is 0.368. The van der Waals surface area contributed by atoms with Crippen LogP contribution in [0.3, 0.4) is 0 Å². The van der Waals surface area contributed by atoms with Gasteiger partial charge in [0.2, 0.25) is 5.91 Å². The molecule has 26 heavy (non-hydrogen) atoms. The highest BCUT2D eigenvalue weighted by molar-refractivity contribution is 7.12. The quantitative estimate of drug-likeness (QED) is 0.705. The van der Waals surface area contributed by atoms with Crippen molar-refractivity contribution in [1.82, 2.24) is 10.6 Å². The van der Waals surface area contributed by atoms with E-state index in [1.165, 1.54) is 11.3 Å². The summed E-state index contributed by atoms with van der Waals surface area (Å²) in [5, 5.41) is 7.30. The van der Waals surface area contributed by atoms with Crippen LogP contribution in [-0.4, -0.2) is 31.6 Å². The minimum absolute atomic E-state index is 0.0730. The maximum atomic E-state index is 12.1. The van der Waals surface area contributed by atoms with E-state index in [9.17, 15) is 9.59 Å². The Hall–Kier alpha value is -2.54. The predicted molar refractivity (Wildman–Crippen MR) is 102 cm³/mol. The first-order chi connectivity index (χ1) is 12.5. The summed E-state index contributed by atoms with van der Waals surface area (Å²) in [4.78, 5) is 24.6. The lowest BCUT2D eigenvalue weighted by molar-refractivity contribution is -0.120. The van der Waals surface area contributed by atoms with Gasteiger partial charge in [-0.05, 0) is 49.9 Å². The van der Waals surface area contributed by atoms with E-state index in [-0.39, 0.29) is 24.4 Å². The molecule has 0 saturated carbocycles. The van der Waals surface area contributed by atoms with Crippen LogP contribution in [0.25, 0.3) is 0 Å². The van der Waals surface area contributed by atoms with Crippen molar-refractivity contribution in [3.8, 4) is 11.5 Å². The third-order valence-corrected chi connectivity index (χ3v) is 4.47. The van der Waals surface area contributed by atoms with Crippen LogP contribution in [-0.2, 0) is 4.79 Å². The molecule has 2 rings (SSSR count). The van der Waals surface area contributed by atoms with Gasteiger partial charge in [0.25, 0.3) is 5.91 Å². The third kappa shape index (κ3) is 5.49. The van der Waals surface area contributed by atoms with Crippen LogP contribution in [0.1, 0.15) is 42.0 Å². The number of hydrogen-bond acceptors (Lipinski definition) is 5. The number of carbonyl (C=O) groups is 2. The van der Waals surface area contributed by atoms with E-state index < -0.39 is 0 Å². The lowest BCUT2D eigenvalue weighted by Gasteiger charge is -2.17. The van der Waals surface area contributed by atoms with Gasteiger partial charge in [-0.2, -0.15) is 0 Å². The smallest absolute Gasteiger partial charge is 0.261 e. The molecule has 2 aromatic rings. The molecule has 140 valence electrons. The molecule has 7 heteroatoms. The summed E-state index contributed by atoms with van der Waals surface area (Å²) in [5.74, 6) is 0.829. The zero-order valence-corrected chi connectivity index (χ0v) is 16.0. The monoisotopic (exact) mass is 376 g/mol. The molecule has 1 aromatic heterocycles. The van der Waals surface area contributed by atoms with Crippen LogP contribution >= 0.6 is 11.3 Å². The topological polar surface area (TPSA) is 76.7 Å². The molecular weight excluding hydrogens is 352 g/mol. The van der Waals surface area contributed by atoms with Gasteiger partial charge in [-0.1, -0.05) is 12.1 Å². The zero-order chi connectivity index (χ0) is 18.9. The number of amides is 2. The van der Waals surface area contributed by atoms with E-state index in [0.717, 1.165) is 5.56 Å². The highest BCUT2D eigenvalue weighted by atomic mass is 32.1. The molecule has 1 atom stereocenters. The highest BCUT2D eigenvalue weighted by Crippen LogP contribution is 2.30. The van der Waals surface area contributed by atoms with Gasteiger partial charge in [0.15, 0.2) is 11.5 Å². The second kappa shape index (κ2) is 9.82. The summed E-state index contributed by atoms with van der Waals surface area (Å²) in [6.45, 7) is 6.70. The molecule has 2 N–H and O–H groups in total. The molecule has 0 saturated heterocycles. The Morgan fingerprint density at radius 3 is 2.50 bits per heavy atom. The van der Waals surface area contributed by atoms with Crippen LogP contribution in [0, 0.1) is 0 Å². The van der Waals surface area contributed by atoms with Crippen LogP contribution in [0.2, 0.25) is 0 Å². The largest absolute Gasteiger partial charge is 0.490 e. The van der Waals surface area contributed by atoms with Crippen molar-refractivity contribution in [2.75, 3.05) is 19.8 Å². The molecule has 0 aliphatic carbocycles. The number of ether oxygens (including phenoxy) is 2. The first-order valence-electron chi connectivity index (χ1n) is 8.55. The van der Waals surface area contributed by atoms with Gasteiger partial charge in [0.1, 0.15) is 0 Å². The summed E-state index contributed by atoms with van der Waals surface area (Å²) in [5.41, 5.74) is 0.898. The SMILES string of the molecule is CCOc1ccc([C@H](C)NC(=O)CNC(=O)c2cccs2)cc1OCC. The van der Waals surface area contributed by atoms with E-state index in [4.69, 9.17) is 9.47 Å². The number of benzene rings is 1. The number of thiophene rings is 1. The molecule has 0 fully saturated rings. The van der Waals surface area contributed by atoms with E-state index in [0.29, 0.717) is 29.6 Å². The molecule has 6 nitrogen and oxygen atoms in total. The second-order valence-electron chi connectivity index (χ2n) is 5.52. The van der Waals surface area contributed by atoms with Crippen molar-refractivity contribution >= 4 is 23.2 Å². The van der Waals surface area contributed by atoms with Gasteiger partial charge in [-0.3, -0.25) is 9.59 Å². The lowest BCUT2D eigenvalue weighted by atomic mass is 10.1. The van der Waals surface area contributed by atoms with Gasteiger partial charge >= 0.3 is 0 Å². The van der Waals surface area contributed by atoms with Crippen molar-refractivity contribution in [3.63, 3.8) is 0 Å². The number of nitrogens with one attached hydrogen (secondary N) is 2. The zero-order valence-electron chi connectivity index (χ0n) is 15.2. The van der Waals surface area contributed by atoms with Crippen LogP contribution < -0.4 is 20.1 Å². The maximum Gasteiger partial charge on any atom is 0.261 e. The van der Waals surface area contributed by atoms with Gasteiger partial charge in [-0.25, -0.2) is 0 Å². The fourth-order valence-corrected chi connectivity index (χ4v) is 3.01. The minimum Gasteiger partial charge on any atom is -0.490 e. The second-order valence-corrected chi connectivity index (χ2v) is 6.47. The van der Waals surface area contributed by atoms with E-state index in [1.807, 2.05) is 44.4 Å². The van der Waals surface area contributed by atoms with Crippen molar-refractivity contribution in [2.24, 2.45) is 0 Å². The molecule has 1 aromatic carbocycles. The average molecular weight is 376 g/mol. The Bertz CT molecular complexity index is 731. The minimum atomic E-state index is -0.255. The Morgan fingerprint density at radius 1 is 1.12 bits per heavy atom. The molecule has 0 bridgehead atoms.